The minimum Gasteiger partial charge on any atom is -0.456 e. The van der Waals surface area contributed by atoms with Crippen molar-refractivity contribution in [3.8, 4) is 66.8 Å². The summed E-state index contributed by atoms with van der Waals surface area (Å²) in [7, 11) is 0. The monoisotopic (exact) mass is 1620 g/mol. The van der Waals surface area contributed by atoms with Gasteiger partial charge in [-0.2, -0.15) is 0 Å². The molecule has 0 unspecified atom stereocenters. The second-order valence-corrected chi connectivity index (χ2v) is 40.9. The molecule has 0 bridgehead atoms. The van der Waals surface area contributed by atoms with Gasteiger partial charge in [0.2, 0.25) is 0 Å². The van der Waals surface area contributed by atoms with Crippen LogP contribution in [0.25, 0.3) is 133 Å². The van der Waals surface area contributed by atoms with Crippen molar-refractivity contribution in [2.24, 2.45) is 0 Å². The fourth-order valence-corrected chi connectivity index (χ4v) is 24.7. The van der Waals surface area contributed by atoms with E-state index in [1.807, 2.05) is 0 Å². The van der Waals surface area contributed by atoms with Crippen LogP contribution in [0, 0.1) is 0 Å². The van der Waals surface area contributed by atoms with Crippen molar-refractivity contribution in [3.05, 3.63) is 267 Å². The summed E-state index contributed by atoms with van der Waals surface area (Å²) in [5.41, 5.74) is 39.9. The molecule has 12 aromatic carbocycles. The number of hydrogen-bond donors (Lipinski definition) is 0. The van der Waals surface area contributed by atoms with E-state index in [4.69, 9.17) is 13.3 Å². The summed E-state index contributed by atoms with van der Waals surface area (Å²) in [4.78, 5) is 2.72. The maximum atomic E-state index is 7.24. The third-order valence-corrected chi connectivity index (χ3v) is 31.2. The van der Waals surface area contributed by atoms with Gasteiger partial charge in [-0.05, 0) is 251 Å². The summed E-state index contributed by atoms with van der Waals surface area (Å²) in [6.07, 6.45) is 35.1. The van der Waals surface area contributed by atoms with E-state index in [0.717, 1.165) is 59.2 Å². The van der Waals surface area contributed by atoms with Gasteiger partial charge >= 0.3 is 0 Å². The molecule has 0 fully saturated rings. The van der Waals surface area contributed by atoms with E-state index in [-0.39, 0.29) is 27.1 Å². The Kier molecular flexibility index (Phi) is 21.0. The highest BCUT2D eigenvalue weighted by molar-refractivity contribution is 6.20. The van der Waals surface area contributed by atoms with E-state index < -0.39 is 5.41 Å². The van der Waals surface area contributed by atoms with E-state index in [1.54, 1.807) is 16.7 Å². The Labute approximate surface area is 732 Å². The maximum absolute atomic E-state index is 7.24. The standard InChI is InChI=1S/C119H129NO3/c1-14-18-22-26-30-42-64-118(65-43-31-27-23-19-15-2)93-61-63-106-111(84-48-36-40-52-103(84)122-106)109(93)90-75-99-87(72-100(90)118)81-58-55-78(70-98(81)119(99,66-44-32-28-24-20-16-3)67-45-33-29-25-21-17-4)120(76-54-57-80-86-71-97-89(74-96(86)116(10,11)94(80)68-76)108-92(115(97,8)9)60-62-105-110(108)83-47-35-39-51-102(83)121-105)77-56-59-82-95(69-77)117(12,13)101-73-88(79-46-34-38-50-91(79)114(5,6)7)113-112(107(82)101)85-49-37-41-53-104(85)123-113/h34-41,46-63,68-75H,14-33,42-45,64-67H2,1-13H3. The zero-order chi connectivity index (χ0) is 84.5. The van der Waals surface area contributed by atoms with Gasteiger partial charge in [-0.3, -0.25) is 0 Å². The largest absolute Gasteiger partial charge is 0.456 e. The molecule has 5 aliphatic carbocycles. The molecule has 0 radical (unpaired) electrons. The highest BCUT2D eigenvalue weighted by atomic mass is 16.3. The molecule has 0 spiro atoms. The summed E-state index contributed by atoms with van der Waals surface area (Å²) in [5.74, 6) is 0. The van der Waals surface area contributed by atoms with Crippen molar-refractivity contribution in [3.63, 3.8) is 0 Å². The molecule has 0 N–H and O–H groups in total. The number of rotatable bonds is 32. The van der Waals surface area contributed by atoms with Crippen LogP contribution in [0.3, 0.4) is 0 Å². The minimum atomic E-state index is -0.400. The van der Waals surface area contributed by atoms with Gasteiger partial charge in [0.25, 0.3) is 0 Å². The molecule has 0 aliphatic heterocycles. The molecule has 4 heteroatoms. The van der Waals surface area contributed by atoms with Gasteiger partial charge in [0.05, 0.1) is 0 Å². The lowest BCUT2D eigenvalue weighted by Gasteiger charge is -2.35. The zero-order valence-electron chi connectivity index (χ0n) is 76.1. The first kappa shape index (κ1) is 81.2. The van der Waals surface area contributed by atoms with E-state index in [2.05, 4.69) is 301 Å². The van der Waals surface area contributed by atoms with Crippen molar-refractivity contribution in [1.29, 1.82) is 0 Å². The number of benzene rings is 12. The molecule has 0 saturated heterocycles. The van der Waals surface area contributed by atoms with Gasteiger partial charge in [-0.25, -0.2) is 0 Å². The molecule has 123 heavy (non-hydrogen) atoms. The van der Waals surface area contributed by atoms with Gasteiger partial charge in [-0.1, -0.05) is 353 Å². The van der Waals surface area contributed by atoms with Crippen molar-refractivity contribution in [1.82, 2.24) is 0 Å². The average molecular weight is 1620 g/mol. The van der Waals surface area contributed by atoms with Crippen LogP contribution in [0.15, 0.2) is 220 Å². The zero-order valence-corrected chi connectivity index (χ0v) is 76.1. The number of nitrogens with zero attached hydrogens (tertiary/aromatic N) is 1. The van der Waals surface area contributed by atoms with E-state index in [9.17, 15) is 0 Å². The van der Waals surface area contributed by atoms with Crippen LogP contribution >= 0.6 is 0 Å². The normalized spacial score (nSPS) is 15.5. The Hall–Kier alpha value is -10.2. The highest BCUT2D eigenvalue weighted by Crippen LogP contribution is 2.66. The lowest BCUT2D eigenvalue weighted by molar-refractivity contribution is 0.394. The lowest BCUT2D eigenvalue weighted by atomic mass is 9.68. The molecule has 4 nitrogen and oxygen atoms in total. The van der Waals surface area contributed by atoms with Crippen LogP contribution in [0.5, 0.6) is 0 Å². The maximum Gasteiger partial charge on any atom is 0.143 e. The number of furan rings is 3. The van der Waals surface area contributed by atoms with E-state index >= 15 is 0 Å². The van der Waals surface area contributed by atoms with Gasteiger partial charge in [0, 0.05) is 82.0 Å². The van der Waals surface area contributed by atoms with Crippen LogP contribution in [-0.4, -0.2) is 0 Å². The number of hydrogen-bond acceptors (Lipinski definition) is 4. The SMILES string of the molecule is CCCCCCCCC1(CCCCCCCC)c2cc(N(c3ccc4c(c3)C(C)(C)c3cc5c(cc3-4)C(C)(C)c3ccc4oc6ccccc6c4c3-5)c3ccc4c(c3)C(C)(C)c3cc(-c5ccccc5C(C)(C)C)c5oc6ccccc6c5c3-4)ccc2-c2cc3c(cc21)-c1c(ccc2oc4ccccc4c12)C3(CCCCCCCC)CCCCCCCC. The molecule has 5 aliphatic rings. The van der Waals surface area contributed by atoms with Crippen LogP contribution in [0.2, 0.25) is 0 Å². The Bertz CT molecular complexity index is 6590. The Morgan fingerprint density at radius 3 is 1.14 bits per heavy atom. The molecule has 0 saturated carbocycles. The van der Waals surface area contributed by atoms with E-state index in [1.165, 1.54) is 315 Å². The number of unbranched alkanes of at least 4 members (excludes halogenated alkanes) is 20. The number of para-hydroxylation sites is 3. The van der Waals surface area contributed by atoms with Crippen molar-refractivity contribution >= 4 is 82.9 Å². The third-order valence-electron chi connectivity index (χ3n) is 31.2. The second-order valence-electron chi connectivity index (χ2n) is 40.9. The second kappa shape index (κ2) is 31.8. The summed E-state index contributed by atoms with van der Waals surface area (Å²) >= 11 is 0. The van der Waals surface area contributed by atoms with Gasteiger partial charge in [-0.15, -0.1) is 0 Å². The number of anilines is 3. The fraction of sp³-hybridized carbons (Fsp3) is 0.395. The van der Waals surface area contributed by atoms with Crippen LogP contribution < -0.4 is 4.90 Å². The average Bonchev–Trinajstić information content (AvgIpc) is 1.53. The Balaban J connectivity index is 0.806. The molecule has 0 atom stereocenters. The molecule has 0 amide bonds. The third kappa shape index (κ3) is 13.1. The molecule has 3 heterocycles. The summed E-state index contributed by atoms with van der Waals surface area (Å²) in [5, 5.41) is 7.37. The van der Waals surface area contributed by atoms with Gasteiger partial charge < -0.3 is 18.2 Å². The van der Waals surface area contributed by atoms with Crippen LogP contribution in [0.4, 0.5) is 17.1 Å². The van der Waals surface area contributed by atoms with Gasteiger partial charge in [0.1, 0.15) is 33.5 Å². The molecule has 20 rings (SSSR count). The van der Waals surface area contributed by atoms with E-state index in [0.29, 0.717) is 0 Å². The lowest BCUT2D eigenvalue weighted by Crippen LogP contribution is -2.27. The molecule has 628 valence electrons. The highest BCUT2D eigenvalue weighted by Gasteiger charge is 2.51. The minimum absolute atomic E-state index is 0.100. The summed E-state index contributed by atoms with van der Waals surface area (Å²) in [6.45, 7) is 31.4. The first-order valence-corrected chi connectivity index (χ1v) is 48.4. The summed E-state index contributed by atoms with van der Waals surface area (Å²) in [6, 6.07) is 81.9. The summed E-state index contributed by atoms with van der Waals surface area (Å²) < 4.78 is 20.9. The Morgan fingerprint density at radius 1 is 0.252 bits per heavy atom. The first-order valence-electron chi connectivity index (χ1n) is 48.4. The topological polar surface area (TPSA) is 42.7 Å². The van der Waals surface area contributed by atoms with Crippen LogP contribution in [-0.2, 0) is 32.5 Å². The predicted molar refractivity (Wildman–Crippen MR) is 524 cm³/mol. The molecular weight excluding hydrogens is 1490 g/mol. The smallest absolute Gasteiger partial charge is 0.143 e. The first-order chi connectivity index (χ1) is 59.7. The predicted octanol–water partition coefficient (Wildman–Crippen LogP) is 36.3. The quantitative estimate of drug-likeness (QED) is 0.0394. The fourth-order valence-electron chi connectivity index (χ4n) is 24.7. The Morgan fingerprint density at radius 2 is 0.593 bits per heavy atom. The van der Waals surface area contributed by atoms with Gasteiger partial charge in [0.15, 0.2) is 0 Å². The van der Waals surface area contributed by atoms with Crippen molar-refractivity contribution in [2.75, 3.05) is 4.90 Å². The molecule has 15 aromatic rings. The number of fused-ring (bicyclic) bond motifs is 27. The molecular formula is C119H129NO3. The van der Waals surface area contributed by atoms with Crippen LogP contribution in [0.1, 0.15) is 331 Å². The van der Waals surface area contributed by atoms with Crippen molar-refractivity contribution < 1.29 is 13.3 Å². The van der Waals surface area contributed by atoms with Crippen molar-refractivity contribution in [2.45, 2.75) is 302 Å². The molecule has 3 aromatic heterocycles.